The Morgan fingerprint density at radius 3 is 2.46 bits per heavy atom. The van der Waals surface area contributed by atoms with Crippen molar-refractivity contribution in [3.63, 3.8) is 0 Å². The van der Waals surface area contributed by atoms with Gasteiger partial charge in [-0.25, -0.2) is 14.5 Å². The van der Waals surface area contributed by atoms with Gasteiger partial charge in [0, 0.05) is 46.8 Å². The molecule has 0 saturated carbocycles. The van der Waals surface area contributed by atoms with Crippen LogP contribution in [0, 0.1) is 5.82 Å². The number of nitrogens with zero attached hydrogens (tertiary/aromatic N) is 4. The van der Waals surface area contributed by atoms with Crippen LogP contribution in [0.15, 0.2) is 24.3 Å². The molecule has 2 aliphatic rings. The third-order valence-electron chi connectivity index (χ3n) is 5.04. The highest BCUT2D eigenvalue weighted by Crippen LogP contribution is 2.30. The quantitative estimate of drug-likeness (QED) is 0.830. The smallest absolute Gasteiger partial charge is 0.319 e. The molecule has 2 heterocycles. The molecule has 2 fully saturated rings. The van der Waals surface area contributed by atoms with Crippen molar-refractivity contribution in [2.45, 2.75) is 24.9 Å². The minimum Gasteiger partial charge on any atom is -0.331 e. The number of hydrogen-bond acceptors (Lipinski definition) is 2. The lowest BCUT2D eigenvalue weighted by Crippen LogP contribution is -2.56. The van der Waals surface area contributed by atoms with E-state index in [1.165, 1.54) is 5.56 Å². The Balaban J connectivity index is 1.56. The molecule has 2 atom stereocenters. The molecular formula is C18H26FN4O. The van der Waals surface area contributed by atoms with Crippen LogP contribution in [-0.2, 0) is 0 Å². The van der Waals surface area contributed by atoms with Crippen LogP contribution >= 0.6 is 0 Å². The maximum atomic E-state index is 13.1. The highest BCUT2D eigenvalue weighted by atomic mass is 19.1. The van der Waals surface area contributed by atoms with Crippen molar-refractivity contribution >= 4 is 6.03 Å². The zero-order valence-corrected chi connectivity index (χ0v) is 14.5. The van der Waals surface area contributed by atoms with E-state index in [2.05, 4.69) is 4.90 Å². The number of piperidine rings is 1. The summed E-state index contributed by atoms with van der Waals surface area (Å²) in [6.07, 6.45) is 2.22. The molecule has 24 heavy (non-hydrogen) atoms. The molecule has 5 nitrogen and oxygen atoms in total. The minimum atomic E-state index is -0.183. The fourth-order valence-electron chi connectivity index (χ4n) is 3.62. The topological polar surface area (TPSA) is 40.9 Å². The Labute approximate surface area is 143 Å². The van der Waals surface area contributed by atoms with Crippen LogP contribution in [0.3, 0.4) is 0 Å². The highest BCUT2D eigenvalue weighted by molar-refractivity contribution is 5.73. The van der Waals surface area contributed by atoms with E-state index in [9.17, 15) is 9.18 Å². The molecule has 2 amide bonds. The summed E-state index contributed by atoms with van der Waals surface area (Å²) >= 11 is 0. The molecular weight excluding hydrogens is 307 g/mol. The summed E-state index contributed by atoms with van der Waals surface area (Å²) in [6.45, 7) is 4.09. The number of urea groups is 1. The largest absolute Gasteiger partial charge is 0.331 e. The molecule has 2 aliphatic heterocycles. The zero-order valence-electron chi connectivity index (χ0n) is 14.5. The number of benzene rings is 1. The van der Waals surface area contributed by atoms with Crippen molar-refractivity contribution in [1.29, 1.82) is 0 Å². The summed E-state index contributed by atoms with van der Waals surface area (Å²) < 4.78 is 13.1. The first-order valence-electron chi connectivity index (χ1n) is 8.67. The standard InChI is InChI=1S/C18H26FN4O/c1-21(2)18(24)23-11-9-22(10-12-23)17-13-15(7-8-20-17)14-3-5-16(19)6-4-14/h3-6,15,17H,7-13H2,1-2H3/t15?,17-/m1/s1. The summed E-state index contributed by atoms with van der Waals surface area (Å²) in [5.41, 5.74) is 1.21. The minimum absolute atomic E-state index is 0.0828. The molecule has 0 aliphatic carbocycles. The molecule has 2 saturated heterocycles. The Morgan fingerprint density at radius 2 is 1.83 bits per heavy atom. The molecule has 131 valence electrons. The van der Waals surface area contributed by atoms with Crippen LogP contribution in [-0.4, -0.2) is 73.7 Å². The Kier molecular flexibility index (Phi) is 5.36. The van der Waals surface area contributed by atoms with Gasteiger partial charge in [-0.3, -0.25) is 4.90 Å². The van der Waals surface area contributed by atoms with Gasteiger partial charge in [0.15, 0.2) is 0 Å². The van der Waals surface area contributed by atoms with E-state index in [0.717, 1.165) is 45.6 Å². The summed E-state index contributed by atoms with van der Waals surface area (Å²) in [5.74, 6) is 0.256. The fraction of sp³-hybridized carbons (Fsp3) is 0.611. The number of piperazine rings is 1. The second kappa shape index (κ2) is 7.49. The van der Waals surface area contributed by atoms with Gasteiger partial charge in [-0.1, -0.05) is 12.1 Å². The molecule has 0 N–H and O–H groups in total. The molecule has 1 aromatic rings. The SMILES string of the molecule is CN(C)C(=O)N1CCN([C@@H]2CC(c3ccc(F)cc3)CC[N]2)CC1. The average Bonchev–Trinajstić information content (AvgIpc) is 2.62. The second-order valence-electron chi connectivity index (χ2n) is 6.86. The van der Waals surface area contributed by atoms with E-state index in [0.29, 0.717) is 5.92 Å². The predicted octanol–water partition coefficient (Wildman–Crippen LogP) is 1.93. The maximum absolute atomic E-state index is 13.1. The number of halogens is 1. The summed E-state index contributed by atoms with van der Waals surface area (Å²) in [7, 11) is 3.58. The van der Waals surface area contributed by atoms with Gasteiger partial charge in [0.1, 0.15) is 5.82 Å². The zero-order chi connectivity index (χ0) is 17.1. The molecule has 1 radical (unpaired) electrons. The third kappa shape index (κ3) is 3.87. The van der Waals surface area contributed by atoms with E-state index < -0.39 is 0 Å². The van der Waals surface area contributed by atoms with Gasteiger partial charge in [-0.05, 0) is 36.5 Å². The number of carbonyl (C=O) groups is 1. The molecule has 3 rings (SSSR count). The van der Waals surface area contributed by atoms with Crippen molar-refractivity contribution < 1.29 is 9.18 Å². The number of hydrogen-bond donors (Lipinski definition) is 0. The number of carbonyl (C=O) groups excluding carboxylic acids is 1. The molecule has 0 bridgehead atoms. The summed E-state index contributed by atoms with van der Waals surface area (Å²) in [5, 5.41) is 4.79. The van der Waals surface area contributed by atoms with Gasteiger partial charge in [0.05, 0.1) is 6.17 Å². The first-order valence-corrected chi connectivity index (χ1v) is 8.67. The van der Waals surface area contributed by atoms with Gasteiger partial charge in [0.25, 0.3) is 0 Å². The maximum Gasteiger partial charge on any atom is 0.319 e. The van der Waals surface area contributed by atoms with Crippen LogP contribution in [0.4, 0.5) is 9.18 Å². The van der Waals surface area contributed by atoms with Crippen molar-refractivity contribution in [3.05, 3.63) is 35.6 Å². The van der Waals surface area contributed by atoms with Crippen LogP contribution < -0.4 is 5.32 Å². The lowest BCUT2D eigenvalue weighted by Gasteiger charge is -2.42. The van der Waals surface area contributed by atoms with Gasteiger partial charge >= 0.3 is 6.03 Å². The van der Waals surface area contributed by atoms with Crippen molar-refractivity contribution in [1.82, 2.24) is 20.0 Å². The van der Waals surface area contributed by atoms with E-state index in [-0.39, 0.29) is 18.0 Å². The Hall–Kier alpha value is -1.66. The molecule has 6 heteroatoms. The lowest BCUT2D eigenvalue weighted by molar-refractivity contribution is 0.0671. The molecule has 1 aromatic carbocycles. The monoisotopic (exact) mass is 333 g/mol. The first-order chi connectivity index (χ1) is 11.5. The van der Waals surface area contributed by atoms with Gasteiger partial charge in [-0.15, -0.1) is 0 Å². The average molecular weight is 333 g/mol. The number of amides is 2. The second-order valence-corrected chi connectivity index (χ2v) is 6.86. The Bertz CT molecular complexity index is 555. The Morgan fingerprint density at radius 1 is 1.17 bits per heavy atom. The van der Waals surface area contributed by atoms with E-state index in [1.807, 2.05) is 17.0 Å². The normalized spacial score (nSPS) is 25.5. The van der Waals surface area contributed by atoms with Gasteiger partial charge < -0.3 is 9.80 Å². The van der Waals surface area contributed by atoms with Gasteiger partial charge in [0.2, 0.25) is 0 Å². The van der Waals surface area contributed by atoms with Crippen LogP contribution in [0.1, 0.15) is 24.3 Å². The first kappa shape index (κ1) is 17.2. The van der Waals surface area contributed by atoms with Crippen molar-refractivity contribution in [2.75, 3.05) is 46.8 Å². The summed E-state index contributed by atoms with van der Waals surface area (Å²) in [4.78, 5) is 17.9. The molecule has 0 aromatic heterocycles. The summed E-state index contributed by atoms with van der Waals surface area (Å²) in [6, 6.07) is 6.97. The van der Waals surface area contributed by atoms with E-state index in [4.69, 9.17) is 5.32 Å². The number of rotatable bonds is 2. The van der Waals surface area contributed by atoms with E-state index >= 15 is 0 Å². The molecule has 1 unspecified atom stereocenters. The van der Waals surface area contributed by atoms with E-state index in [1.54, 1.807) is 31.1 Å². The van der Waals surface area contributed by atoms with Crippen LogP contribution in [0.2, 0.25) is 0 Å². The van der Waals surface area contributed by atoms with Crippen molar-refractivity contribution in [3.8, 4) is 0 Å². The highest BCUT2D eigenvalue weighted by Gasteiger charge is 2.31. The van der Waals surface area contributed by atoms with Gasteiger partial charge in [-0.2, -0.15) is 0 Å². The molecule has 0 spiro atoms. The third-order valence-corrected chi connectivity index (χ3v) is 5.04. The van der Waals surface area contributed by atoms with Crippen LogP contribution in [0.5, 0.6) is 0 Å². The fourth-order valence-corrected chi connectivity index (χ4v) is 3.62. The van der Waals surface area contributed by atoms with Crippen molar-refractivity contribution in [2.24, 2.45) is 0 Å². The lowest BCUT2D eigenvalue weighted by atomic mass is 9.88. The van der Waals surface area contributed by atoms with Crippen LogP contribution in [0.25, 0.3) is 0 Å². The predicted molar refractivity (Wildman–Crippen MR) is 91.4 cm³/mol.